The van der Waals surface area contributed by atoms with Crippen LogP contribution in [0.1, 0.15) is 17.5 Å². The number of aromatic nitrogens is 2. The van der Waals surface area contributed by atoms with Crippen LogP contribution in [0.15, 0.2) is 143 Å². The van der Waals surface area contributed by atoms with Crippen LogP contribution in [0.25, 0.3) is 41.6 Å². The van der Waals surface area contributed by atoms with Gasteiger partial charge in [0.2, 0.25) is 0 Å². The van der Waals surface area contributed by atoms with Crippen LogP contribution >= 0.6 is 22.7 Å². The second-order valence-electron chi connectivity index (χ2n) is 12.0. The summed E-state index contributed by atoms with van der Waals surface area (Å²) in [6, 6.07) is 42.0. The van der Waals surface area contributed by atoms with E-state index in [0.29, 0.717) is 53.6 Å². The summed E-state index contributed by atoms with van der Waals surface area (Å²) in [5.41, 5.74) is 6.07. The summed E-state index contributed by atoms with van der Waals surface area (Å²) in [4.78, 5) is 18.5. The van der Waals surface area contributed by atoms with Gasteiger partial charge in [-0.25, -0.2) is 9.97 Å². The van der Waals surface area contributed by atoms with Gasteiger partial charge in [-0.05, 0) is 72.8 Å². The Kier molecular flexibility index (Phi) is 9.86. The summed E-state index contributed by atoms with van der Waals surface area (Å²) in [6.07, 6.45) is 4.13. The molecule has 2 N–H and O–H groups in total. The largest absolute Gasteiger partial charge is 0.507 e. The molecule has 53 heavy (non-hydrogen) atoms. The van der Waals surface area contributed by atoms with Gasteiger partial charge in [-0.2, -0.15) is 0 Å². The number of nitrogens with zero attached hydrogens (tertiary/aromatic N) is 4. The third-order valence-corrected chi connectivity index (χ3v) is 10.5. The molecule has 0 aliphatic heterocycles. The van der Waals surface area contributed by atoms with Crippen LogP contribution < -0.4 is 9.47 Å². The Morgan fingerprint density at radius 2 is 0.962 bits per heavy atom. The van der Waals surface area contributed by atoms with Gasteiger partial charge in [0.1, 0.15) is 33.0 Å². The highest BCUT2D eigenvalue weighted by molar-refractivity contribution is 7.22. The lowest BCUT2D eigenvalue weighted by Gasteiger charge is -2.11. The van der Waals surface area contributed by atoms with Gasteiger partial charge in [0.05, 0.1) is 56.1 Å². The summed E-state index contributed by atoms with van der Waals surface area (Å²) in [5, 5.41) is 23.1. The Morgan fingerprint density at radius 1 is 0.528 bits per heavy atom. The molecule has 8 rings (SSSR count). The van der Waals surface area contributed by atoms with Crippen molar-refractivity contribution < 1.29 is 19.7 Å². The Morgan fingerprint density at radius 3 is 1.42 bits per heavy atom. The van der Waals surface area contributed by atoms with Gasteiger partial charge < -0.3 is 19.7 Å². The zero-order valence-electron chi connectivity index (χ0n) is 28.3. The van der Waals surface area contributed by atoms with E-state index in [0.717, 1.165) is 41.6 Å². The van der Waals surface area contributed by atoms with Crippen LogP contribution in [-0.2, 0) is 0 Å². The lowest BCUT2D eigenvalue weighted by atomic mass is 10.2. The molecule has 0 fully saturated rings. The Hall–Kier alpha value is -6.36. The van der Waals surface area contributed by atoms with Crippen molar-refractivity contribution in [1.82, 2.24) is 9.97 Å². The van der Waals surface area contributed by atoms with Gasteiger partial charge in [-0.3, -0.25) is 9.98 Å². The summed E-state index contributed by atoms with van der Waals surface area (Å²) < 4.78 is 14.4. The molecule has 0 aliphatic rings. The number of rotatable bonds is 12. The van der Waals surface area contributed by atoms with E-state index in [1.165, 1.54) is 0 Å². The van der Waals surface area contributed by atoms with Crippen LogP contribution in [0.5, 0.6) is 23.0 Å². The molecule has 0 radical (unpaired) electrons. The summed E-state index contributed by atoms with van der Waals surface area (Å²) >= 11 is 3.09. The number of aliphatic imine (C=N–C) groups is 2. The Balaban J connectivity index is 0.857. The van der Waals surface area contributed by atoms with Crippen LogP contribution in [-0.4, -0.2) is 45.8 Å². The van der Waals surface area contributed by atoms with Crippen LogP contribution in [0, 0.1) is 0 Å². The molecular formula is C43H32N4O4S2. The molecule has 2 heterocycles. The zero-order chi connectivity index (χ0) is 36.0. The van der Waals surface area contributed by atoms with Gasteiger partial charge in [-0.15, -0.1) is 22.7 Å². The number of fused-ring (bicyclic) bond motifs is 2. The standard InChI is InChI=1S/C43H32N4O4S2/c48-36-24-30(18-20-32(36)42-46-34-12-3-7-16-40(34)52-42)44-26-28-10-1-5-14-38(28)50-22-9-23-51-39-15-6-2-11-29(39)27-45-31-19-21-33(37(49)25-31)43-47-35-13-4-8-17-41(35)53-43/h1-8,10-21,24-27,48-49H,9,22-23H2. The number of benzene rings is 6. The first-order chi connectivity index (χ1) is 26.1. The maximum absolute atomic E-state index is 10.8. The Bertz CT molecular complexity index is 2370. The SMILES string of the molecule is Oc1cc(N=Cc2ccccc2OCCCOc2ccccc2C=Nc2ccc(-c3nc4ccccc4s3)c(O)c2)ccc1-c1nc2ccccc2s1. The van der Waals surface area contributed by atoms with Crippen molar-refractivity contribution in [2.45, 2.75) is 6.42 Å². The first-order valence-corrected chi connectivity index (χ1v) is 18.6. The number of thiazole rings is 2. The number of hydrogen-bond acceptors (Lipinski definition) is 10. The third-order valence-electron chi connectivity index (χ3n) is 8.36. The number of hydrogen-bond donors (Lipinski definition) is 2. The first-order valence-electron chi connectivity index (χ1n) is 17.0. The molecule has 10 heteroatoms. The highest BCUT2D eigenvalue weighted by Crippen LogP contribution is 2.38. The third kappa shape index (κ3) is 7.79. The van der Waals surface area contributed by atoms with Crippen molar-refractivity contribution in [3.8, 4) is 44.1 Å². The van der Waals surface area contributed by atoms with Crippen molar-refractivity contribution in [3.63, 3.8) is 0 Å². The predicted molar refractivity (Wildman–Crippen MR) is 216 cm³/mol. The van der Waals surface area contributed by atoms with Gasteiger partial charge in [0.15, 0.2) is 0 Å². The highest BCUT2D eigenvalue weighted by atomic mass is 32.1. The topological polar surface area (TPSA) is 109 Å². The molecule has 0 amide bonds. The second-order valence-corrected chi connectivity index (χ2v) is 14.1. The molecule has 0 saturated carbocycles. The molecule has 8 aromatic rings. The van der Waals surface area contributed by atoms with Crippen molar-refractivity contribution in [1.29, 1.82) is 0 Å². The lowest BCUT2D eigenvalue weighted by Crippen LogP contribution is -2.07. The molecule has 0 spiro atoms. The van der Waals surface area contributed by atoms with Crippen molar-refractivity contribution >= 4 is 66.9 Å². The fraction of sp³-hybridized carbons (Fsp3) is 0.0698. The normalized spacial score (nSPS) is 11.6. The zero-order valence-corrected chi connectivity index (χ0v) is 29.9. The number of aromatic hydroxyl groups is 2. The van der Waals surface area contributed by atoms with Crippen LogP contribution in [0.4, 0.5) is 11.4 Å². The molecule has 0 bridgehead atoms. The maximum Gasteiger partial charge on any atom is 0.128 e. The van der Waals surface area contributed by atoms with E-state index in [4.69, 9.17) is 9.47 Å². The minimum absolute atomic E-state index is 0.130. The van der Waals surface area contributed by atoms with Gasteiger partial charge in [0, 0.05) is 42.1 Å². The van der Waals surface area contributed by atoms with Crippen LogP contribution in [0.2, 0.25) is 0 Å². The predicted octanol–water partition coefficient (Wildman–Crippen LogP) is 11.0. The van der Waals surface area contributed by atoms with Gasteiger partial charge in [-0.1, -0.05) is 48.5 Å². The van der Waals surface area contributed by atoms with Gasteiger partial charge >= 0.3 is 0 Å². The van der Waals surface area contributed by atoms with E-state index >= 15 is 0 Å². The molecule has 260 valence electrons. The molecule has 0 aliphatic carbocycles. The summed E-state index contributed by atoms with van der Waals surface area (Å²) in [6.45, 7) is 0.887. The quantitative estimate of drug-likeness (QED) is 0.0956. The number of phenols is 2. The smallest absolute Gasteiger partial charge is 0.128 e. The van der Waals surface area contributed by atoms with E-state index in [1.54, 1.807) is 47.2 Å². The van der Waals surface area contributed by atoms with E-state index in [2.05, 4.69) is 20.0 Å². The van der Waals surface area contributed by atoms with Crippen molar-refractivity contribution in [2.75, 3.05) is 13.2 Å². The average molecular weight is 733 g/mol. The molecule has 0 unspecified atom stereocenters. The molecule has 0 saturated heterocycles. The number of ether oxygens (including phenoxy) is 2. The average Bonchev–Trinajstić information content (AvgIpc) is 3.82. The second kappa shape index (κ2) is 15.5. The van der Waals surface area contributed by atoms with Gasteiger partial charge in [0.25, 0.3) is 0 Å². The highest BCUT2D eigenvalue weighted by Gasteiger charge is 2.13. The van der Waals surface area contributed by atoms with E-state index in [9.17, 15) is 10.2 Å². The van der Waals surface area contributed by atoms with E-state index in [1.807, 2.05) is 121 Å². The number of phenolic OH excluding ortho intramolecular Hbond substituents is 2. The summed E-state index contributed by atoms with van der Waals surface area (Å²) in [5.74, 6) is 1.67. The van der Waals surface area contributed by atoms with Crippen LogP contribution in [0.3, 0.4) is 0 Å². The molecule has 0 atom stereocenters. The summed E-state index contributed by atoms with van der Waals surface area (Å²) in [7, 11) is 0. The number of para-hydroxylation sites is 4. The molecule has 6 aromatic carbocycles. The maximum atomic E-state index is 10.8. The minimum atomic E-state index is 0.130. The molecule has 2 aromatic heterocycles. The van der Waals surface area contributed by atoms with Crippen molar-refractivity contribution in [2.24, 2.45) is 9.98 Å². The fourth-order valence-corrected chi connectivity index (χ4v) is 7.69. The minimum Gasteiger partial charge on any atom is -0.507 e. The lowest BCUT2D eigenvalue weighted by molar-refractivity contribution is 0.247. The van der Waals surface area contributed by atoms with E-state index < -0.39 is 0 Å². The molecular weight excluding hydrogens is 701 g/mol. The molecule has 8 nitrogen and oxygen atoms in total. The van der Waals surface area contributed by atoms with E-state index in [-0.39, 0.29) is 11.5 Å². The van der Waals surface area contributed by atoms with Crippen molar-refractivity contribution in [3.05, 3.63) is 145 Å². The first kappa shape index (κ1) is 33.8. The Labute approximate surface area is 313 Å². The monoisotopic (exact) mass is 732 g/mol. The fourth-order valence-electron chi connectivity index (χ4n) is 5.69.